The molecule has 0 radical (unpaired) electrons. The normalized spacial score (nSPS) is 28.8. The Kier molecular flexibility index (Phi) is 2.23. The fourth-order valence-corrected chi connectivity index (χ4v) is 1.18. The molecule has 66 valence electrons. The molecular formula is C7H9NO4. The average Bonchev–Trinajstić information content (AvgIpc) is 2.25. The van der Waals surface area contributed by atoms with Gasteiger partial charge in [0.25, 0.3) is 0 Å². The van der Waals surface area contributed by atoms with Crippen LogP contribution in [0.25, 0.3) is 0 Å². The van der Waals surface area contributed by atoms with E-state index in [-0.39, 0.29) is 0 Å². The highest BCUT2D eigenvalue weighted by atomic mass is 16.3. The molecule has 0 aromatic carbocycles. The van der Waals surface area contributed by atoms with Crippen molar-refractivity contribution in [1.29, 1.82) is 0 Å². The van der Waals surface area contributed by atoms with Crippen molar-refractivity contribution >= 4 is 17.5 Å². The van der Waals surface area contributed by atoms with Crippen molar-refractivity contribution in [1.82, 2.24) is 5.32 Å². The van der Waals surface area contributed by atoms with Gasteiger partial charge in [-0.05, 0) is 6.92 Å². The van der Waals surface area contributed by atoms with Gasteiger partial charge in [-0.3, -0.25) is 14.4 Å². The van der Waals surface area contributed by atoms with Gasteiger partial charge in [0.15, 0.2) is 11.7 Å². The second-order valence-corrected chi connectivity index (χ2v) is 2.69. The molecule has 0 aliphatic carbocycles. The van der Waals surface area contributed by atoms with Crippen molar-refractivity contribution in [2.45, 2.75) is 13.0 Å². The van der Waals surface area contributed by atoms with Gasteiger partial charge in [-0.15, -0.1) is 0 Å². The van der Waals surface area contributed by atoms with E-state index >= 15 is 0 Å². The first-order valence-corrected chi connectivity index (χ1v) is 3.53. The predicted molar refractivity (Wildman–Crippen MR) is 38.2 cm³/mol. The molecule has 5 nitrogen and oxygen atoms in total. The van der Waals surface area contributed by atoms with E-state index in [1.807, 2.05) is 0 Å². The van der Waals surface area contributed by atoms with Crippen LogP contribution in [0.4, 0.5) is 0 Å². The largest absolute Gasteiger partial charge is 0.394 e. The van der Waals surface area contributed by atoms with Crippen LogP contribution < -0.4 is 5.32 Å². The lowest BCUT2D eigenvalue weighted by atomic mass is 10.00. The van der Waals surface area contributed by atoms with Crippen molar-refractivity contribution in [3.63, 3.8) is 0 Å². The summed E-state index contributed by atoms with van der Waals surface area (Å²) in [6.45, 7) is 0.732. The van der Waals surface area contributed by atoms with Crippen molar-refractivity contribution < 1.29 is 19.5 Å². The van der Waals surface area contributed by atoms with Gasteiger partial charge in [0, 0.05) is 0 Å². The molecule has 1 aliphatic heterocycles. The van der Waals surface area contributed by atoms with E-state index in [1.54, 1.807) is 0 Å². The number of Topliss-reactive ketones (excluding diaryl/α,β-unsaturated/α-hetero) is 2. The van der Waals surface area contributed by atoms with E-state index < -0.39 is 36.0 Å². The number of aliphatic hydroxyl groups excluding tert-OH is 1. The summed E-state index contributed by atoms with van der Waals surface area (Å²) in [5.41, 5.74) is 0. The molecule has 2 N–H and O–H groups in total. The zero-order valence-electron chi connectivity index (χ0n) is 6.53. The highest BCUT2D eigenvalue weighted by Gasteiger charge is 2.43. The van der Waals surface area contributed by atoms with Crippen LogP contribution >= 0.6 is 0 Å². The summed E-state index contributed by atoms with van der Waals surface area (Å²) in [6, 6.07) is -0.897. The number of carbonyl (C=O) groups is 3. The zero-order chi connectivity index (χ0) is 9.30. The molecule has 0 bridgehead atoms. The summed E-state index contributed by atoms with van der Waals surface area (Å²) in [5, 5.41) is 10.8. The maximum absolute atomic E-state index is 11.1. The van der Waals surface area contributed by atoms with E-state index in [4.69, 9.17) is 5.11 Å². The lowest BCUT2D eigenvalue weighted by molar-refractivity contribution is -0.135. The smallest absolute Gasteiger partial charge is 0.238 e. The van der Waals surface area contributed by atoms with Crippen molar-refractivity contribution in [3.05, 3.63) is 0 Å². The molecular weight excluding hydrogens is 162 g/mol. The van der Waals surface area contributed by atoms with Gasteiger partial charge in [0.2, 0.25) is 5.91 Å². The highest BCUT2D eigenvalue weighted by Crippen LogP contribution is 2.11. The number of hydrogen-bond donors (Lipinski definition) is 2. The topological polar surface area (TPSA) is 83.5 Å². The van der Waals surface area contributed by atoms with Crippen LogP contribution in [-0.4, -0.2) is 35.2 Å². The van der Waals surface area contributed by atoms with Gasteiger partial charge < -0.3 is 10.4 Å². The molecule has 5 heteroatoms. The molecule has 12 heavy (non-hydrogen) atoms. The fourth-order valence-electron chi connectivity index (χ4n) is 1.18. The summed E-state index contributed by atoms with van der Waals surface area (Å²) < 4.78 is 0. The summed E-state index contributed by atoms with van der Waals surface area (Å²) in [4.78, 5) is 32.8. The fraction of sp³-hybridized carbons (Fsp3) is 0.571. The van der Waals surface area contributed by atoms with Crippen molar-refractivity contribution in [2.75, 3.05) is 6.61 Å². The molecule has 0 aromatic rings. The van der Waals surface area contributed by atoms with E-state index in [0.29, 0.717) is 0 Å². The van der Waals surface area contributed by atoms with E-state index in [1.165, 1.54) is 6.92 Å². The van der Waals surface area contributed by atoms with Gasteiger partial charge in [-0.2, -0.15) is 0 Å². The number of amides is 1. The second kappa shape index (κ2) is 3.02. The van der Waals surface area contributed by atoms with Gasteiger partial charge in [-0.1, -0.05) is 0 Å². The Labute approximate surface area is 68.8 Å². The third-order valence-corrected chi connectivity index (χ3v) is 1.80. The molecule has 2 unspecified atom stereocenters. The maximum atomic E-state index is 11.1. The van der Waals surface area contributed by atoms with Crippen LogP contribution in [0.5, 0.6) is 0 Å². The second-order valence-electron chi connectivity index (χ2n) is 2.69. The number of nitrogens with one attached hydrogen (secondary N) is 1. The maximum Gasteiger partial charge on any atom is 0.238 e. The van der Waals surface area contributed by atoms with Gasteiger partial charge in [0.1, 0.15) is 11.8 Å². The minimum atomic E-state index is -1.21. The van der Waals surface area contributed by atoms with Gasteiger partial charge >= 0.3 is 0 Å². The molecule has 0 saturated carbocycles. The van der Waals surface area contributed by atoms with Crippen molar-refractivity contribution in [2.24, 2.45) is 5.92 Å². The minimum absolute atomic E-state index is 0.450. The summed E-state index contributed by atoms with van der Waals surface area (Å²) >= 11 is 0. The zero-order valence-corrected chi connectivity index (χ0v) is 6.53. The number of carbonyl (C=O) groups excluding carboxylic acids is 3. The third kappa shape index (κ3) is 1.23. The molecule has 0 spiro atoms. The Hall–Kier alpha value is -1.23. The van der Waals surface area contributed by atoms with E-state index in [2.05, 4.69) is 5.32 Å². The van der Waals surface area contributed by atoms with Gasteiger partial charge in [0.05, 0.1) is 6.61 Å². The number of hydrogen-bond acceptors (Lipinski definition) is 4. The predicted octanol–water partition coefficient (Wildman–Crippen LogP) is -1.75. The average molecular weight is 171 g/mol. The van der Waals surface area contributed by atoms with Gasteiger partial charge in [-0.25, -0.2) is 0 Å². The molecule has 1 rings (SSSR count). The molecule has 1 fully saturated rings. The van der Waals surface area contributed by atoms with Crippen LogP contribution in [0.15, 0.2) is 0 Å². The van der Waals surface area contributed by atoms with Crippen LogP contribution in [0.2, 0.25) is 0 Å². The quantitative estimate of drug-likeness (QED) is 0.483. The minimum Gasteiger partial charge on any atom is -0.394 e. The van der Waals surface area contributed by atoms with Crippen LogP contribution in [-0.2, 0) is 14.4 Å². The van der Waals surface area contributed by atoms with Crippen molar-refractivity contribution in [3.8, 4) is 0 Å². The highest BCUT2D eigenvalue weighted by molar-refractivity contribution is 6.23. The summed E-state index contributed by atoms with van der Waals surface area (Å²) in [7, 11) is 0. The number of rotatable bonds is 2. The Bertz CT molecular complexity index is 248. The molecule has 1 saturated heterocycles. The number of aliphatic hydroxyl groups is 1. The lowest BCUT2D eigenvalue weighted by Crippen LogP contribution is -2.32. The molecule has 2 atom stereocenters. The standard InChI is InChI=1S/C7H9NO4/c1-3(10)5-6(11)4(2-9)8-7(5)12/h4-5,9H,2H2,1H3,(H,8,12). The first-order valence-electron chi connectivity index (χ1n) is 3.53. The summed E-state index contributed by atoms with van der Waals surface area (Å²) in [6.07, 6.45) is 0. The molecule has 0 aromatic heterocycles. The molecule has 1 aliphatic rings. The monoisotopic (exact) mass is 171 g/mol. The van der Waals surface area contributed by atoms with E-state index in [9.17, 15) is 14.4 Å². The lowest BCUT2D eigenvalue weighted by Gasteiger charge is -2.01. The van der Waals surface area contributed by atoms with Crippen LogP contribution in [0, 0.1) is 5.92 Å². The first-order chi connectivity index (χ1) is 5.57. The molecule has 1 amide bonds. The summed E-state index contributed by atoms with van der Waals surface area (Å²) in [5.74, 6) is -2.82. The first kappa shape index (κ1) is 8.86. The Morgan fingerprint density at radius 3 is 2.42 bits per heavy atom. The van der Waals surface area contributed by atoms with Crippen LogP contribution in [0.1, 0.15) is 6.92 Å². The molecule has 1 heterocycles. The number of ketones is 2. The van der Waals surface area contributed by atoms with E-state index in [0.717, 1.165) is 0 Å². The Morgan fingerprint density at radius 2 is 2.17 bits per heavy atom. The Morgan fingerprint density at radius 1 is 1.58 bits per heavy atom. The Balaban J connectivity index is 2.84. The SMILES string of the molecule is CC(=O)C1C(=O)NC(CO)C1=O. The third-order valence-electron chi connectivity index (χ3n) is 1.80. The van der Waals surface area contributed by atoms with Crippen LogP contribution in [0.3, 0.4) is 0 Å².